The Morgan fingerprint density at radius 1 is 1.20 bits per heavy atom. The van der Waals surface area contributed by atoms with E-state index in [4.69, 9.17) is 11.1 Å². The molecule has 3 heteroatoms. The number of nitrogens with one attached hydrogen (secondary N) is 1. The first-order valence-corrected chi connectivity index (χ1v) is 2.82. The first-order valence-electron chi connectivity index (χ1n) is 2.82. The molecule has 1 aromatic rings. The van der Waals surface area contributed by atoms with Gasteiger partial charge in [0.05, 0.1) is 6.34 Å². The van der Waals surface area contributed by atoms with Crippen LogP contribution >= 0.6 is 0 Å². The third kappa shape index (κ3) is 4.64. The molecule has 1 rings (SSSR count). The van der Waals surface area contributed by atoms with Crippen LogP contribution in [0, 0.1) is 5.41 Å². The van der Waals surface area contributed by atoms with Crippen LogP contribution in [0.15, 0.2) is 30.3 Å². The summed E-state index contributed by atoms with van der Waals surface area (Å²) in [5.74, 6) is 0. The van der Waals surface area contributed by atoms with Crippen molar-refractivity contribution in [1.82, 2.24) is 0 Å². The first kappa shape index (κ1) is 8.49. The number of nitrogens with two attached hydrogens (primary N) is 2. The molecular formula is C7H11N3. The van der Waals surface area contributed by atoms with Crippen LogP contribution in [-0.4, -0.2) is 6.34 Å². The summed E-state index contributed by atoms with van der Waals surface area (Å²) in [6.45, 7) is 0. The molecule has 5 N–H and O–H groups in total. The maximum Gasteiger partial charge on any atom is 0.0765 e. The second-order valence-electron chi connectivity index (χ2n) is 1.58. The number of para-hydroxylation sites is 1. The monoisotopic (exact) mass is 137 g/mol. The molecule has 0 amide bonds. The van der Waals surface area contributed by atoms with Crippen LogP contribution in [0.5, 0.6) is 0 Å². The van der Waals surface area contributed by atoms with Gasteiger partial charge in [-0.15, -0.1) is 0 Å². The molecule has 0 fully saturated rings. The Labute approximate surface area is 60.2 Å². The highest BCUT2D eigenvalue weighted by atomic mass is 14.6. The number of hydrogen-bond donors (Lipinski definition) is 3. The Kier molecular flexibility index (Phi) is 4.77. The van der Waals surface area contributed by atoms with Crippen molar-refractivity contribution in [3.8, 4) is 0 Å². The predicted molar refractivity (Wildman–Crippen MR) is 43.8 cm³/mol. The van der Waals surface area contributed by atoms with Gasteiger partial charge in [-0.25, -0.2) is 0 Å². The molecule has 0 unspecified atom stereocenters. The van der Waals surface area contributed by atoms with E-state index in [0.29, 0.717) is 0 Å². The third-order valence-electron chi connectivity index (χ3n) is 0.800. The van der Waals surface area contributed by atoms with E-state index in [1.165, 1.54) is 0 Å². The van der Waals surface area contributed by atoms with Gasteiger partial charge >= 0.3 is 0 Å². The third-order valence-corrected chi connectivity index (χ3v) is 0.800. The molecule has 0 radical (unpaired) electrons. The van der Waals surface area contributed by atoms with Gasteiger partial charge in [0.15, 0.2) is 0 Å². The van der Waals surface area contributed by atoms with Crippen LogP contribution in [0.4, 0.5) is 5.69 Å². The minimum Gasteiger partial charge on any atom is -0.399 e. The van der Waals surface area contributed by atoms with E-state index in [0.717, 1.165) is 12.0 Å². The van der Waals surface area contributed by atoms with Gasteiger partial charge in [0.25, 0.3) is 0 Å². The van der Waals surface area contributed by atoms with E-state index in [9.17, 15) is 0 Å². The van der Waals surface area contributed by atoms with Gasteiger partial charge in [-0.2, -0.15) is 0 Å². The molecule has 0 bridgehead atoms. The molecule has 0 atom stereocenters. The highest BCUT2D eigenvalue weighted by Crippen LogP contribution is 1.95. The standard InChI is InChI=1S/C6H7N.CH4N2/c7-6-4-2-1-3-5-6;2-1-3/h1-5H,7H2;1H,(H3,2,3). The van der Waals surface area contributed by atoms with E-state index in [1.807, 2.05) is 30.3 Å². The lowest BCUT2D eigenvalue weighted by molar-refractivity contribution is 1.52. The van der Waals surface area contributed by atoms with Crippen molar-refractivity contribution in [3.05, 3.63) is 30.3 Å². The topological polar surface area (TPSA) is 75.9 Å². The van der Waals surface area contributed by atoms with Gasteiger partial charge in [-0.1, -0.05) is 18.2 Å². The molecule has 0 saturated heterocycles. The molecule has 1 aromatic carbocycles. The van der Waals surface area contributed by atoms with Gasteiger partial charge in [0, 0.05) is 5.69 Å². The largest absolute Gasteiger partial charge is 0.399 e. The minimum atomic E-state index is 0.750. The Hall–Kier alpha value is -1.51. The lowest BCUT2D eigenvalue weighted by Gasteiger charge is -1.83. The van der Waals surface area contributed by atoms with Crippen LogP contribution in [0.2, 0.25) is 0 Å². The summed E-state index contributed by atoms with van der Waals surface area (Å²) in [5.41, 5.74) is 10.6. The average Bonchev–Trinajstić information content (AvgIpc) is 1.91. The van der Waals surface area contributed by atoms with Gasteiger partial charge in [-0.05, 0) is 12.1 Å². The van der Waals surface area contributed by atoms with Crippen molar-refractivity contribution in [1.29, 1.82) is 5.41 Å². The second-order valence-corrected chi connectivity index (χ2v) is 1.58. The van der Waals surface area contributed by atoms with E-state index >= 15 is 0 Å². The maximum atomic E-state index is 5.86. The molecule has 0 spiro atoms. The molecule has 0 heterocycles. The first-order chi connectivity index (χ1) is 4.81. The lowest BCUT2D eigenvalue weighted by atomic mass is 10.3. The maximum absolute atomic E-state index is 5.86. The highest BCUT2D eigenvalue weighted by molar-refractivity contribution is 5.46. The zero-order valence-electron chi connectivity index (χ0n) is 5.62. The summed E-state index contributed by atoms with van der Waals surface area (Å²) in [4.78, 5) is 0. The minimum absolute atomic E-state index is 0.750. The fourth-order valence-corrected chi connectivity index (χ4v) is 0.453. The summed E-state index contributed by atoms with van der Waals surface area (Å²) < 4.78 is 0. The molecule has 54 valence electrons. The lowest BCUT2D eigenvalue weighted by Crippen LogP contribution is -1.81. The summed E-state index contributed by atoms with van der Waals surface area (Å²) in [5, 5.41) is 5.86. The van der Waals surface area contributed by atoms with Gasteiger partial charge in [0.1, 0.15) is 0 Å². The fraction of sp³-hybridized carbons (Fsp3) is 0. The van der Waals surface area contributed by atoms with Crippen molar-refractivity contribution in [3.63, 3.8) is 0 Å². The Morgan fingerprint density at radius 2 is 1.60 bits per heavy atom. The van der Waals surface area contributed by atoms with Crippen LogP contribution in [0.25, 0.3) is 0 Å². The van der Waals surface area contributed by atoms with Crippen molar-refractivity contribution in [2.24, 2.45) is 5.73 Å². The smallest absolute Gasteiger partial charge is 0.0765 e. The Bertz CT molecular complexity index is 171. The molecule has 0 saturated carbocycles. The number of rotatable bonds is 0. The fourth-order valence-electron chi connectivity index (χ4n) is 0.453. The number of anilines is 1. The van der Waals surface area contributed by atoms with Crippen molar-refractivity contribution >= 4 is 12.0 Å². The molecule has 0 aliphatic rings. The highest BCUT2D eigenvalue weighted by Gasteiger charge is 1.72. The van der Waals surface area contributed by atoms with Crippen LogP contribution in [-0.2, 0) is 0 Å². The van der Waals surface area contributed by atoms with Crippen LogP contribution in [0.3, 0.4) is 0 Å². The number of hydrogen-bond acceptors (Lipinski definition) is 2. The SMILES string of the molecule is N=CN.Nc1ccccc1. The van der Waals surface area contributed by atoms with Crippen LogP contribution in [0.1, 0.15) is 0 Å². The quantitative estimate of drug-likeness (QED) is 0.281. The van der Waals surface area contributed by atoms with E-state index in [1.54, 1.807) is 0 Å². The average molecular weight is 137 g/mol. The molecule has 0 aliphatic heterocycles. The van der Waals surface area contributed by atoms with E-state index in [-0.39, 0.29) is 0 Å². The second kappa shape index (κ2) is 5.62. The van der Waals surface area contributed by atoms with Gasteiger partial charge in [0.2, 0.25) is 0 Å². The number of nitrogen functional groups attached to an aromatic ring is 1. The Morgan fingerprint density at radius 3 is 1.80 bits per heavy atom. The van der Waals surface area contributed by atoms with Crippen molar-refractivity contribution in [2.75, 3.05) is 5.73 Å². The molecule has 3 nitrogen and oxygen atoms in total. The molecule has 10 heavy (non-hydrogen) atoms. The normalized spacial score (nSPS) is 7.20. The molecular weight excluding hydrogens is 126 g/mol. The summed E-state index contributed by atoms with van der Waals surface area (Å²) in [6, 6.07) is 9.49. The Balaban J connectivity index is 0.000000236. The molecule has 0 aliphatic carbocycles. The number of benzene rings is 1. The predicted octanol–water partition coefficient (Wildman–Crippen LogP) is 0.821. The van der Waals surface area contributed by atoms with Crippen LogP contribution < -0.4 is 11.5 Å². The summed E-state index contributed by atoms with van der Waals surface area (Å²) in [7, 11) is 0. The molecule has 0 aromatic heterocycles. The van der Waals surface area contributed by atoms with Gasteiger partial charge in [-0.3, -0.25) is 5.41 Å². The van der Waals surface area contributed by atoms with E-state index < -0.39 is 0 Å². The summed E-state index contributed by atoms with van der Waals surface area (Å²) >= 11 is 0. The summed E-state index contributed by atoms with van der Waals surface area (Å²) in [6.07, 6.45) is 0.750. The van der Waals surface area contributed by atoms with Gasteiger partial charge < -0.3 is 11.5 Å². The van der Waals surface area contributed by atoms with Crippen molar-refractivity contribution in [2.45, 2.75) is 0 Å². The zero-order valence-corrected chi connectivity index (χ0v) is 5.62. The zero-order chi connectivity index (χ0) is 7.82. The van der Waals surface area contributed by atoms with Crippen molar-refractivity contribution < 1.29 is 0 Å². The van der Waals surface area contributed by atoms with E-state index in [2.05, 4.69) is 5.73 Å².